The average Bonchev–Trinajstić information content (AvgIpc) is 2.12. The number of β-amino-alcohol motifs (C(OH)–C–C–N with tert-alkyl or cyclic N) is 1. The van der Waals surface area contributed by atoms with Crippen LogP contribution in [-0.4, -0.2) is 34.0 Å². The zero-order valence-electron chi connectivity index (χ0n) is 6.72. The highest BCUT2D eigenvalue weighted by Gasteiger charge is 2.22. The molecule has 0 spiro atoms. The van der Waals surface area contributed by atoms with Crippen molar-refractivity contribution in [2.75, 3.05) is 13.2 Å². The Bertz CT molecular complexity index is 166. The van der Waals surface area contributed by atoms with Gasteiger partial charge in [0, 0.05) is 0 Å². The summed E-state index contributed by atoms with van der Waals surface area (Å²) in [7, 11) is 0. The third-order valence-electron chi connectivity index (χ3n) is 1.30. The number of hydrazine groups is 1. The number of thiocarbonyl (C=S) groups is 1. The van der Waals surface area contributed by atoms with E-state index in [-0.39, 0.29) is 0 Å². The largest absolute Gasteiger partial charge is 0.389 e. The Balaban J connectivity index is 2.43. The van der Waals surface area contributed by atoms with Crippen LogP contribution in [-0.2, 0) is 0 Å². The van der Waals surface area contributed by atoms with Crippen LogP contribution in [0.2, 0.25) is 0 Å². The highest BCUT2D eigenvalue weighted by atomic mass is 32.1. The Morgan fingerprint density at radius 1 is 1.73 bits per heavy atom. The summed E-state index contributed by atoms with van der Waals surface area (Å²) in [5.41, 5.74) is 2.26. The highest BCUT2D eigenvalue weighted by Crippen LogP contribution is 2.04. The van der Waals surface area contributed by atoms with Crippen LogP contribution in [0.15, 0.2) is 0 Å². The molecule has 0 amide bonds. The fraction of sp³-hybridized carbons (Fsp3) is 0.833. The fourth-order valence-electron chi connectivity index (χ4n) is 0.892. The molecular weight excluding hydrogens is 162 g/mol. The van der Waals surface area contributed by atoms with Gasteiger partial charge >= 0.3 is 0 Å². The van der Waals surface area contributed by atoms with Gasteiger partial charge in [-0.1, -0.05) is 0 Å². The Kier molecular flexibility index (Phi) is 2.31. The fourth-order valence-corrected chi connectivity index (χ4v) is 1.09. The molecule has 0 saturated carbocycles. The summed E-state index contributed by atoms with van der Waals surface area (Å²) >= 11 is 4.95. The van der Waals surface area contributed by atoms with E-state index in [0.717, 1.165) is 0 Å². The van der Waals surface area contributed by atoms with Crippen molar-refractivity contribution in [3.8, 4) is 0 Å². The quantitative estimate of drug-likeness (QED) is 0.490. The van der Waals surface area contributed by atoms with E-state index in [1.54, 1.807) is 18.9 Å². The first kappa shape index (κ1) is 8.70. The second kappa shape index (κ2) is 2.92. The van der Waals surface area contributed by atoms with Gasteiger partial charge in [0.05, 0.1) is 18.8 Å². The van der Waals surface area contributed by atoms with Crippen LogP contribution in [0.1, 0.15) is 13.8 Å². The van der Waals surface area contributed by atoms with Crippen molar-refractivity contribution in [3.63, 3.8) is 0 Å². The van der Waals surface area contributed by atoms with Gasteiger partial charge in [0.2, 0.25) is 0 Å². The minimum atomic E-state index is -0.719. The lowest BCUT2D eigenvalue weighted by molar-refractivity contribution is 0.0489. The van der Waals surface area contributed by atoms with Gasteiger partial charge in [0.25, 0.3) is 0 Å². The van der Waals surface area contributed by atoms with Crippen LogP contribution >= 0.6 is 12.2 Å². The van der Waals surface area contributed by atoms with Gasteiger partial charge in [0.15, 0.2) is 5.11 Å². The van der Waals surface area contributed by atoms with E-state index in [1.807, 2.05) is 0 Å². The van der Waals surface area contributed by atoms with Gasteiger partial charge in [-0.15, -0.1) is 0 Å². The van der Waals surface area contributed by atoms with E-state index in [0.29, 0.717) is 18.3 Å². The van der Waals surface area contributed by atoms with Gasteiger partial charge in [-0.2, -0.15) is 0 Å². The minimum absolute atomic E-state index is 0.499. The number of nitrogens with one attached hydrogen (secondary N) is 2. The van der Waals surface area contributed by atoms with Gasteiger partial charge in [-0.3, -0.25) is 5.01 Å². The molecule has 64 valence electrons. The molecule has 1 aliphatic rings. The lowest BCUT2D eigenvalue weighted by Crippen LogP contribution is -2.44. The number of rotatable bonds is 2. The van der Waals surface area contributed by atoms with E-state index in [4.69, 9.17) is 12.2 Å². The van der Waals surface area contributed by atoms with Crippen LogP contribution in [0, 0.1) is 0 Å². The molecule has 1 saturated heterocycles. The first-order chi connectivity index (χ1) is 4.99. The number of nitrogens with zero attached hydrogens (tertiary/aromatic N) is 1. The molecule has 3 N–H and O–H groups in total. The zero-order valence-corrected chi connectivity index (χ0v) is 7.53. The first-order valence-electron chi connectivity index (χ1n) is 3.50. The molecular formula is C6H13N3OS. The molecule has 5 heteroatoms. The summed E-state index contributed by atoms with van der Waals surface area (Å²) in [6, 6.07) is 0. The molecule has 11 heavy (non-hydrogen) atoms. The Morgan fingerprint density at radius 2 is 2.36 bits per heavy atom. The summed E-state index contributed by atoms with van der Waals surface area (Å²) in [6.07, 6.45) is 0. The zero-order chi connectivity index (χ0) is 8.48. The van der Waals surface area contributed by atoms with Crippen LogP contribution < -0.4 is 10.7 Å². The van der Waals surface area contributed by atoms with E-state index >= 15 is 0 Å². The van der Waals surface area contributed by atoms with Crippen molar-refractivity contribution < 1.29 is 5.11 Å². The lowest BCUT2D eigenvalue weighted by Gasteiger charge is -2.24. The third kappa shape index (κ3) is 2.61. The second-order valence-electron chi connectivity index (χ2n) is 3.22. The van der Waals surface area contributed by atoms with Crippen molar-refractivity contribution in [1.29, 1.82) is 0 Å². The predicted molar refractivity (Wildman–Crippen MR) is 46.7 cm³/mol. The van der Waals surface area contributed by atoms with E-state index in [2.05, 4.69) is 10.7 Å². The molecule has 4 nitrogen and oxygen atoms in total. The van der Waals surface area contributed by atoms with E-state index < -0.39 is 5.60 Å². The molecule has 0 radical (unpaired) electrons. The third-order valence-corrected chi connectivity index (χ3v) is 1.66. The number of hydrogen-bond donors (Lipinski definition) is 3. The average molecular weight is 175 g/mol. The van der Waals surface area contributed by atoms with Gasteiger partial charge in [-0.25, -0.2) is 5.43 Å². The molecule has 1 rings (SSSR count). The van der Waals surface area contributed by atoms with Crippen molar-refractivity contribution in [3.05, 3.63) is 0 Å². The highest BCUT2D eigenvalue weighted by molar-refractivity contribution is 7.80. The summed E-state index contributed by atoms with van der Waals surface area (Å²) < 4.78 is 0. The Morgan fingerprint density at radius 3 is 2.73 bits per heavy atom. The van der Waals surface area contributed by atoms with Crippen molar-refractivity contribution in [2.24, 2.45) is 0 Å². The van der Waals surface area contributed by atoms with E-state index in [1.165, 1.54) is 0 Å². The molecule has 0 bridgehead atoms. The predicted octanol–water partition coefficient (Wildman–Crippen LogP) is -0.590. The lowest BCUT2D eigenvalue weighted by atomic mass is 10.1. The van der Waals surface area contributed by atoms with E-state index in [9.17, 15) is 5.11 Å². The normalized spacial score (nSPS) is 18.8. The topological polar surface area (TPSA) is 47.5 Å². The molecule has 0 unspecified atom stereocenters. The molecule has 1 aliphatic heterocycles. The monoisotopic (exact) mass is 175 g/mol. The molecule has 0 aliphatic carbocycles. The number of aliphatic hydroxyl groups is 1. The second-order valence-corrected chi connectivity index (χ2v) is 3.60. The van der Waals surface area contributed by atoms with Crippen LogP contribution in [0.25, 0.3) is 0 Å². The summed E-state index contributed by atoms with van der Waals surface area (Å²) in [5.74, 6) is 0. The SMILES string of the molecule is CC(C)(O)CN1NCNC1=S. The van der Waals surface area contributed by atoms with Crippen LogP contribution in [0.3, 0.4) is 0 Å². The van der Waals surface area contributed by atoms with Gasteiger partial charge in [-0.05, 0) is 26.1 Å². The minimum Gasteiger partial charge on any atom is -0.389 e. The smallest absolute Gasteiger partial charge is 0.184 e. The molecule has 1 fully saturated rings. The molecule has 0 aromatic heterocycles. The van der Waals surface area contributed by atoms with Crippen molar-refractivity contribution in [1.82, 2.24) is 15.8 Å². The van der Waals surface area contributed by atoms with Gasteiger partial charge in [0.1, 0.15) is 0 Å². The summed E-state index contributed by atoms with van der Waals surface area (Å²) in [6.45, 7) is 4.64. The maximum absolute atomic E-state index is 9.43. The number of hydrogen-bond acceptors (Lipinski definition) is 3. The maximum atomic E-state index is 9.43. The van der Waals surface area contributed by atoms with Crippen LogP contribution in [0.4, 0.5) is 0 Å². The van der Waals surface area contributed by atoms with Crippen LogP contribution in [0.5, 0.6) is 0 Å². The molecule has 0 atom stereocenters. The van der Waals surface area contributed by atoms with Crippen molar-refractivity contribution >= 4 is 17.3 Å². The molecule has 0 aromatic rings. The van der Waals surface area contributed by atoms with Crippen molar-refractivity contribution in [2.45, 2.75) is 19.4 Å². The first-order valence-corrected chi connectivity index (χ1v) is 3.91. The van der Waals surface area contributed by atoms with Gasteiger partial charge < -0.3 is 10.4 Å². The molecule has 0 aromatic carbocycles. The summed E-state index contributed by atoms with van der Waals surface area (Å²) in [5, 5.41) is 14.7. The summed E-state index contributed by atoms with van der Waals surface area (Å²) in [4.78, 5) is 0. The Labute approximate surface area is 71.5 Å². The maximum Gasteiger partial charge on any atom is 0.184 e. The standard InChI is InChI=1S/C6H13N3OS/c1-6(2,10)3-9-5(11)7-4-8-9/h8,10H,3-4H2,1-2H3,(H,7,11). The Hall–Kier alpha value is -0.390. The molecule has 1 heterocycles.